The highest BCUT2D eigenvalue weighted by Gasteiger charge is 2.30. The van der Waals surface area contributed by atoms with Crippen LogP contribution in [0.3, 0.4) is 0 Å². The molecule has 2 aromatic rings. The maximum Gasteiger partial charge on any atom is 0.243 e. The number of carbonyl (C=O) groups excluding carboxylic acids is 3. The molecule has 2 N–H and O–H groups in total. The van der Waals surface area contributed by atoms with E-state index in [2.05, 4.69) is 10.6 Å². The van der Waals surface area contributed by atoms with Gasteiger partial charge in [0.1, 0.15) is 29.2 Å². The molecule has 10 heteroatoms. The van der Waals surface area contributed by atoms with Gasteiger partial charge in [0.05, 0.1) is 0 Å². The van der Waals surface area contributed by atoms with Gasteiger partial charge in [-0.05, 0) is 68.3 Å². The van der Waals surface area contributed by atoms with Gasteiger partial charge in [0.2, 0.25) is 17.7 Å². The molecular formula is C25H29F2N3O4S. The number of nitrogens with one attached hydrogen (secondary N) is 2. The van der Waals surface area contributed by atoms with Crippen molar-refractivity contribution in [2.24, 2.45) is 0 Å². The second kappa shape index (κ2) is 12.5. The molecule has 3 rings (SSSR count). The van der Waals surface area contributed by atoms with Gasteiger partial charge in [-0.15, -0.1) is 0 Å². The molecule has 1 aliphatic rings. The van der Waals surface area contributed by atoms with Crippen LogP contribution in [0.15, 0.2) is 48.5 Å². The predicted octanol–water partition coefficient (Wildman–Crippen LogP) is 3.52. The Balaban J connectivity index is 1.66. The van der Waals surface area contributed by atoms with Crippen molar-refractivity contribution in [3.63, 3.8) is 0 Å². The lowest BCUT2D eigenvalue weighted by atomic mass is 9.95. The zero-order chi connectivity index (χ0) is 25.4. The maximum atomic E-state index is 13.5. The van der Waals surface area contributed by atoms with Crippen LogP contribution in [0.25, 0.3) is 0 Å². The third-order valence-corrected chi connectivity index (χ3v) is 6.95. The molecule has 0 heterocycles. The molecule has 35 heavy (non-hydrogen) atoms. The van der Waals surface area contributed by atoms with Crippen LogP contribution in [0.4, 0.5) is 20.2 Å². The molecule has 0 saturated heterocycles. The van der Waals surface area contributed by atoms with Crippen molar-refractivity contribution in [3.05, 3.63) is 60.2 Å². The zero-order valence-electron chi connectivity index (χ0n) is 19.5. The first-order valence-corrected chi connectivity index (χ1v) is 13.0. The summed E-state index contributed by atoms with van der Waals surface area (Å²) < 4.78 is 39.1. The summed E-state index contributed by atoms with van der Waals surface area (Å²) in [6.07, 6.45) is 4.92. The normalized spacial score (nSPS) is 15.6. The van der Waals surface area contributed by atoms with Crippen LogP contribution in [0.1, 0.15) is 39.0 Å². The molecule has 2 atom stereocenters. The van der Waals surface area contributed by atoms with Crippen molar-refractivity contribution < 1.29 is 27.4 Å². The maximum absolute atomic E-state index is 13.5. The van der Waals surface area contributed by atoms with E-state index in [0.29, 0.717) is 5.69 Å². The minimum absolute atomic E-state index is 0.0353. The molecule has 0 aromatic heterocycles. The van der Waals surface area contributed by atoms with Gasteiger partial charge in [-0.2, -0.15) is 0 Å². The first-order chi connectivity index (χ1) is 16.7. The molecule has 1 fully saturated rings. The molecule has 0 aliphatic heterocycles. The van der Waals surface area contributed by atoms with Crippen molar-refractivity contribution in [3.8, 4) is 0 Å². The van der Waals surface area contributed by atoms with Crippen LogP contribution >= 0.6 is 0 Å². The Bertz CT molecular complexity index is 1060. The van der Waals surface area contributed by atoms with E-state index in [-0.39, 0.29) is 17.6 Å². The standard InChI is InChI=1S/C25H29F2N3O4S/c1-17(25(33)29-20-5-3-2-4-6-20)30(22-13-9-19(27)10-14-22)24(32)16-35(34)15-23(31)28-21-11-7-18(26)8-12-21/h7-14,17,20H,2-6,15-16H2,1H3,(H,28,31)(H,29,33). The second-order valence-electron chi connectivity index (χ2n) is 8.54. The van der Waals surface area contributed by atoms with Crippen LogP contribution in [-0.4, -0.2) is 45.5 Å². The van der Waals surface area contributed by atoms with Gasteiger partial charge in [0.15, 0.2) is 0 Å². The Kier molecular flexibility index (Phi) is 9.47. The van der Waals surface area contributed by atoms with Crippen molar-refractivity contribution in [1.29, 1.82) is 0 Å². The number of hydrogen-bond acceptors (Lipinski definition) is 4. The zero-order valence-corrected chi connectivity index (χ0v) is 20.3. The number of halogens is 2. The molecule has 3 amide bonds. The Morgan fingerprint density at radius 3 is 2.11 bits per heavy atom. The first kappa shape index (κ1) is 26.5. The van der Waals surface area contributed by atoms with E-state index in [4.69, 9.17) is 0 Å². The van der Waals surface area contributed by atoms with Crippen LogP contribution in [0, 0.1) is 11.6 Å². The lowest BCUT2D eigenvalue weighted by molar-refractivity contribution is -0.126. The molecule has 7 nitrogen and oxygen atoms in total. The number of nitrogens with zero attached hydrogens (tertiary/aromatic N) is 1. The Hall–Kier alpha value is -3.14. The smallest absolute Gasteiger partial charge is 0.243 e. The van der Waals surface area contributed by atoms with E-state index in [1.165, 1.54) is 53.4 Å². The summed E-state index contributed by atoms with van der Waals surface area (Å²) in [5.41, 5.74) is 0.621. The van der Waals surface area contributed by atoms with Crippen molar-refractivity contribution in [2.45, 2.75) is 51.1 Å². The van der Waals surface area contributed by atoms with E-state index in [9.17, 15) is 27.4 Å². The summed E-state index contributed by atoms with van der Waals surface area (Å²) in [4.78, 5) is 39.5. The largest absolute Gasteiger partial charge is 0.352 e. The number of hydrogen-bond donors (Lipinski definition) is 2. The van der Waals surface area contributed by atoms with E-state index in [1.807, 2.05) is 0 Å². The molecule has 0 bridgehead atoms. The highest BCUT2D eigenvalue weighted by Crippen LogP contribution is 2.21. The minimum Gasteiger partial charge on any atom is -0.352 e. The second-order valence-corrected chi connectivity index (χ2v) is 10.0. The number of rotatable bonds is 9. The van der Waals surface area contributed by atoms with Crippen LogP contribution in [-0.2, 0) is 25.2 Å². The van der Waals surface area contributed by atoms with Gasteiger partial charge in [-0.25, -0.2) is 8.78 Å². The summed E-state index contributed by atoms with van der Waals surface area (Å²) >= 11 is 0. The number of carbonyl (C=O) groups is 3. The van der Waals surface area contributed by atoms with E-state index >= 15 is 0 Å². The van der Waals surface area contributed by atoms with Crippen LogP contribution in [0.2, 0.25) is 0 Å². The number of benzene rings is 2. The summed E-state index contributed by atoms with van der Waals surface area (Å²) in [6.45, 7) is 1.56. The summed E-state index contributed by atoms with van der Waals surface area (Å²) in [6, 6.07) is 9.29. The predicted molar refractivity (Wildman–Crippen MR) is 131 cm³/mol. The topological polar surface area (TPSA) is 95.6 Å². The fourth-order valence-electron chi connectivity index (χ4n) is 4.01. The Morgan fingerprint density at radius 1 is 0.943 bits per heavy atom. The van der Waals surface area contributed by atoms with Gasteiger partial charge < -0.3 is 10.6 Å². The number of amides is 3. The lowest BCUT2D eigenvalue weighted by Crippen LogP contribution is -2.52. The van der Waals surface area contributed by atoms with E-state index in [1.54, 1.807) is 6.92 Å². The van der Waals surface area contributed by atoms with Crippen LogP contribution in [0.5, 0.6) is 0 Å². The molecule has 0 radical (unpaired) electrons. The summed E-state index contributed by atoms with van der Waals surface area (Å²) in [5, 5.41) is 5.48. The third-order valence-electron chi connectivity index (χ3n) is 5.80. The van der Waals surface area contributed by atoms with Gasteiger partial charge in [0.25, 0.3) is 0 Å². The van der Waals surface area contributed by atoms with Crippen molar-refractivity contribution >= 4 is 39.9 Å². The molecule has 1 aliphatic carbocycles. The Morgan fingerprint density at radius 2 is 1.51 bits per heavy atom. The highest BCUT2D eigenvalue weighted by molar-refractivity contribution is 7.86. The monoisotopic (exact) mass is 505 g/mol. The minimum atomic E-state index is -1.88. The molecule has 1 saturated carbocycles. The van der Waals surface area contributed by atoms with Crippen LogP contribution < -0.4 is 15.5 Å². The lowest BCUT2D eigenvalue weighted by Gasteiger charge is -2.31. The van der Waals surface area contributed by atoms with Gasteiger partial charge >= 0.3 is 0 Å². The molecular weight excluding hydrogens is 476 g/mol. The first-order valence-electron chi connectivity index (χ1n) is 11.5. The summed E-state index contributed by atoms with van der Waals surface area (Å²) in [5.74, 6) is -3.50. The molecule has 188 valence electrons. The quantitative estimate of drug-likeness (QED) is 0.545. The Labute approximate surface area is 205 Å². The van der Waals surface area contributed by atoms with Gasteiger partial charge in [0, 0.05) is 28.2 Å². The average molecular weight is 506 g/mol. The SMILES string of the molecule is CC(C(=O)NC1CCCCC1)N(C(=O)CS(=O)CC(=O)Nc1ccc(F)cc1)c1ccc(F)cc1. The average Bonchev–Trinajstić information content (AvgIpc) is 2.82. The molecule has 2 unspecified atom stereocenters. The molecule has 0 spiro atoms. The van der Waals surface area contributed by atoms with Gasteiger partial charge in [-0.1, -0.05) is 19.3 Å². The third kappa shape index (κ3) is 7.95. The van der Waals surface area contributed by atoms with Crippen molar-refractivity contribution in [1.82, 2.24) is 5.32 Å². The van der Waals surface area contributed by atoms with Crippen molar-refractivity contribution in [2.75, 3.05) is 21.7 Å². The van der Waals surface area contributed by atoms with E-state index in [0.717, 1.165) is 32.1 Å². The highest BCUT2D eigenvalue weighted by atomic mass is 32.2. The van der Waals surface area contributed by atoms with Gasteiger partial charge in [-0.3, -0.25) is 23.5 Å². The fourth-order valence-corrected chi connectivity index (χ4v) is 4.89. The number of anilines is 2. The van der Waals surface area contributed by atoms with E-state index < -0.39 is 51.8 Å². The summed E-state index contributed by atoms with van der Waals surface area (Å²) in [7, 11) is -1.88. The fraction of sp³-hybridized carbons (Fsp3) is 0.400. The molecule has 2 aromatic carbocycles.